The number of nitrogens with zero attached hydrogens (tertiary/aromatic N) is 1. The zero-order chi connectivity index (χ0) is 19.1. The SMILES string of the molecule is CC[C@H](C)CCCc1ccc(-c2ccc(-c3ccc(C#N)cc3)cc2)cc1. The molecule has 1 atom stereocenters. The van der Waals surface area contributed by atoms with Gasteiger partial charge in [-0.1, -0.05) is 87.4 Å². The first kappa shape index (κ1) is 18.9. The van der Waals surface area contributed by atoms with E-state index in [1.807, 2.05) is 24.3 Å². The fraction of sp³-hybridized carbons (Fsp3) is 0.269. The molecule has 0 fully saturated rings. The molecule has 136 valence electrons. The number of hydrogen-bond donors (Lipinski definition) is 0. The number of nitriles is 1. The zero-order valence-corrected chi connectivity index (χ0v) is 16.3. The van der Waals surface area contributed by atoms with Crippen LogP contribution in [0.5, 0.6) is 0 Å². The Balaban J connectivity index is 1.65. The first-order chi connectivity index (χ1) is 13.2. The van der Waals surface area contributed by atoms with Crippen molar-refractivity contribution in [2.75, 3.05) is 0 Å². The smallest absolute Gasteiger partial charge is 0.0991 e. The largest absolute Gasteiger partial charge is 0.192 e. The van der Waals surface area contributed by atoms with E-state index in [1.54, 1.807) is 0 Å². The molecule has 0 bridgehead atoms. The summed E-state index contributed by atoms with van der Waals surface area (Å²) in [6.45, 7) is 4.61. The van der Waals surface area contributed by atoms with Crippen LogP contribution in [-0.4, -0.2) is 0 Å². The van der Waals surface area contributed by atoms with Gasteiger partial charge in [-0.2, -0.15) is 5.26 Å². The first-order valence-corrected chi connectivity index (χ1v) is 9.89. The lowest BCUT2D eigenvalue weighted by Crippen LogP contribution is -1.94. The summed E-state index contributed by atoms with van der Waals surface area (Å²) in [5, 5.41) is 8.91. The molecule has 3 aromatic carbocycles. The average Bonchev–Trinajstić information content (AvgIpc) is 2.74. The highest BCUT2D eigenvalue weighted by Gasteiger charge is 2.03. The van der Waals surface area contributed by atoms with Crippen LogP contribution < -0.4 is 0 Å². The summed E-state index contributed by atoms with van der Waals surface area (Å²) in [7, 11) is 0. The fourth-order valence-electron chi connectivity index (χ4n) is 3.31. The number of aryl methyl sites for hydroxylation is 1. The normalized spacial score (nSPS) is 11.7. The molecule has 0 heterocycles. The third kappa shape index (κ3) is 5.08. The summed E-state index contributed by atoms with van der Waals surface area (Å²) in [5.41, 5.74) is 6.92. The van der Waals surface area contributed by atoms with Crippen molar-refractivity contribution in [2.24, 2.45) is 5.92 Å². The van der Waals surface area contributed by atoms with Crippen LogP contribution in [0.15, 0.2) is 72.8 Å². The highest BCUT2D eigenvalue weighted by Crippen LogP contribution is 2.26. The molecule has 1 heteroatoms. The van der Waals surface area contributed by atoms with Gasteiger partial charge in [-0.25, -0.2) is 0 Å². The monoisotopic (exact) mass is 353 g/mol. The van der Waals surface area contributed by atoms with Crippen LogP contribution in [0.25, 0.3) is 22.3 Å². The molecule has 0 spiro atoms. The van der Waals surface area contributed by atoms with Crippen LogP contribution in [0.2, 0.25) is 0 Å². The Bertz CT molecular complexity index is 881. The van der Waals surface area contributed by atoms with Crippen molar-refractivity contribution in [3.63, 3.8) is 0 Å². The predicted molar refractivity (Wildman–Crippen MR) is 114 cm³/mol. The molecule has 1 nitrogen and oxygen atoms in total. The van der Waals surface area contributed by atoms with Crippen molar-refractivity contribution in [3.8, 4) is 28.3 Å². The molecular formula is C26H27N. The van der Waals surface area contributed by atoms with E-state index in [9.17, 15) is 0 Å². The summed E-state index contributed by atoms with van der Waals surface area (Å²) in [6, 6.07) is 27.5. The molecule has 0 aliphatic carbocycles. The van der Waals surface area contributed by atoms with Crippen molar-refractivity contribution in [1.29, 1.82) is 5.26 Å². The van der Waals surface area contributed by atoms with Crippen LogP contribution in [0.3, 0.4) is 0 Å². The van der Waals surface area contributed by atoms with Crippen molar-refractivity contribution in [2.45, 2.75) is 39.5 Å². The maximum atomic E-state index is 8.91. The van der Waals surface area contributed by atoms with Gasteiger partial charge in [0.25, 0.3) is 0 Å². The van der Waals surface area contributed by atoms with Crippen LogP contribution in [-0.2, 0) is 6.42 Å². The van der Waals surface area contributed by atoms with Gasteiger partial charge in [0.2, 0.25) is 0 Å². The van der Waals surface area contributed by atoms with Crippen molar-refractivity contribution in [1.82, 2.24) is 0 Å². The zero-order valence-electron chi connectivity index (χ0n) is 16.3. The van der Waals surface area contributed by atoms with E-state index in [1.165, 1.54) is 47.9 Å². The summed E-state index contributed by atoms with van der Waals surface area (Å²) < 4.78 is 0. The van der Waals surface area contributed by atoms with E-state index in [2.05, 4.69) is 68.4 Å². The predicted octanol–water partition coefficient (Wildman–Crippen LogP) is 7.26. The van der Waals surface area contributed by atoms with Crippen LogP contribution in [0.1, 0.15) is 44.2 Å². The van der Waals surface area contributed by atoms with Gasteiger partial charge < -0.3 is 0 Å². The Kier molecular flexibility index (Phi) is 6.44. The number of hydrogen-bond acceptors (Lipinski definition) is 1. The molecule has 0 unspecified atom stereocenters. The molecule has 0 N–H and O–H groups in total. The fourth-order valence-corrected chi connectivity index (χ4v) is 3.31. The molecule has 0 saturated heterocycles. The Hall–Kier alpha value is -2.85. The lowest BCUT2D eigenvalue weighted by Gasteiger charge is -2.09. The Morgan fingerprint density at radius 3 is 1.63 bits per heavy atom. The van der Waals surface area contributed by atoms with E-state index in [4.69, 9.17) is 5.26 Å². The molecule has 3 rings (SSSR count). The van der Waals surface area contributed by atoms with E-state index >= 15 is 0 Å². The minimum atomic E-state index is 0.694. The van der Waals surface area contributed by atoms with Gasteiger partial charge in [0.15, 0.2) is 0 Å². The van der Waals surface area contributed by atoms with E-state index in [0.717, 1.165) is 11.5 Å². The van der Waals surface area contributed by atoms with Crippen LogP contribution >= 0.6 is 0 Å². The molecule has 0 aliphatic heterocycles. The van der Waals surface area contributed by atoms with Crippen LogP contribution in [0, 0.1) is 17.2 Å². The topological polar surface area (TPSA) is 23.8 Å². The van der Waals surface area contributed by atoms with Gasteiger partial charge in [-0.15, -0.1) is 0 Å². The van der Waals surface area contributed by atoms with Crippen molar-refractivity contribution >= 4 is 0 Å². The Labute approximate surface area is 163 Å². The molecule has 0 aliphatic rings. The van der Waals surface area contributed by atoms with Gasteiger partial charge in [0, 0.05) is 0 Å². The Morgan fingerprint density at radius 1 is 0.741 bits per heavy atom. The summed E-state index contributed by atoms with van der Waals surface area (Å²) in [6.07, 6.45) is 5.03. The molecule has 0 aromatic heterocycles. The second kappa shape index (κ2) is 9.19. The standard InChI is InChI=1S/C26H27N/c1-3-20(2)5-4-6-21-7-11-23(12-8-21)25-15-17-26(18-16-25)24-13-9-22(19-27)10-14-24/h7-18,20H,3-6H2,1-2H3/t20-/m0/s1. The van der Waals surface area contributed by atoms with Gasteiger partial charge in [-0.05, 0) is 58.7 Å². The van der Waals surface area contributed by atoms with Gasteiger partial charge in [-0.3, -0.25) is 0 Å². The third-order valence-corrected chi connectivity index (χ3v) is 5.38. The highest BCUT2D eigenvalue weighted by atomic mass is 14.2. The first-order valence-electron chi connectivity index (χ1n) is 9.89. The second-order valence-corrected chi connectivity index (χ2v) is 7.37. The summed E-state index contributed by atoms with van der Waals surface area (Å²) >= 11 is 0. The number of rotatable bonds is 7. The Morgan fingerprint density at radius 2 is 1.19 bits per heavy atom. The lowest BCUT2D eigenvalue weighted by molar-refractivity contribution is 0.496. The molecule has 27 heavy (non-hydrogen) atoms. The van der Waals surface area contributed by atoms with Crippen molar-refractivity contribution < 1.29 is 0 Å². The number of benzene rings is 3. The average molecular weight is 354 g/mol. The molecular weight excluding hydrogens is 326 g/mol. The van der Waals surface area contributed by atoms with Gasteiger partial charge >= 0.3 is 0 Å². The van der Waals surface area contributed by atoms with E-state index in [0.29, 0.717) is 5.56 Å². The summed E-state index contributed by atoms with van der Waals surface area (Å²) in [4.78, 5) is 0. The summed E-state index contributed by atoms with van der Waals surface area (Å²) in [5.74, 6) is 0.832. The van der Waals surface area contributed by atoms with Crippen molar-refractivity contribution in [3.05, 3.63) is 83.9 Å². The molecule has 0 saturated carbocycles. The quantitative estimate of drug-likeness (QED) is 0.438. The van der Waals surface area contributed by atoms with Gasteiger partial charge in [0.05, 0.1) is 11.6 Å². The highest BCUT2D eigenvalue weighted by molar-refractivity contribution is 5.70. The second-order valence-electron chi connectivity index (χ2n) is 7.37. The maximum Gasteiger partial charge on any atom is 0.0991 e. The molecule has 3 aromatic rings. The minimum absolute atomic E-state index is 0.694. The molecule has 0 amide bonds. The minimum Gasteiger partial charge on any atom is -0.192 e. The molecule has 0 radical (unpaired) electrons. The van der Waals surface area contributed by atoms with E-state index in [-0.39, 0.29) is 0 Å². The lowest BCUT2D eigenvalue weighted by atomic mass is 9.97. The van der Waals surface area contributed by atoms with E-state index < -0.39 is 0 Å². The van der Waals surface area contributed by atoms with Gasteiger partial charge in [0.1, 0.15) is 0 Å². The maximum absolute atomic E-state index is 8.91. The van der Waals surface area contributed by atoms with Crippen LogP contribution in [0.4, 0.5) is 0 Å². The third-order valence-electron chi connectivity index (χ3n) is 5.38.